The van der Waals surface area contributed by atoms with Gasteiger partial charge >= 0.3 is 0 Å². The van der Waals surface area contributed by atoms with Crippen LogP contribution in [0.5, 0.6) is 0 Å². The largest absolute Gasteiger partial charge is 0.387 e. The predicted octanol–water partition coefficient (Wildman–Crippen LogP) is 14.1. The molecule has 1 nitrogen and oxygen atoms in total. The number of hydrogen-bond donors (Lipinski definition) is 1. The zero-order chi connectivity index (χ0) is 35.0. The molecule has 0 atom stereocenters. The number of aryl methyl sites for hydroxylation is 2. The predicted molar refractivity (Wildman–Crippen MR) is 224 cm³/mol. The maximum atomic E-state index is 3.60. The minimum atomic E-state index is 0.170. The van der Waals surface area contributed by atoms with Gasteiger partial charge < -0.3 is 5.32 Å². The van der Waals surface area contributed by atoms with Gasteiger partial charge in [0.2, 0.25) is 0 Å². The van der Waals surface area contributed by atoms with Gasteiger partial charge in [0.25, 0.3) is 0 Å². The number of thiophene rings is 5. The molecule has 0 saturated heterocycles. The van der Waals surface area contributed by atoms with Crippen molar-refractivity contribution in [2.45, 2.75) is 80.6 Å². The zero-order valence-electron chi connectivity index (χ0n) is 30.6. The van der Waals surface area contributed by atoms with Crippen molar-refractivity contribution in [2.24, 2.45) is 5.41 Å². The van der Waals surface area contributed by atoms with Gasteiger partial charge in [0.15, 0.2) is 0 Å². The molecule has 0 fully saturated rings. The van der Waals surface area contributed by atoms with Crippen LogP contribution in [-0.4, -0.2) is 7.05 Å². The van der Waals surface area contributed by atoms with Crippen LogP contribution in [0, 0.1) is 59.6 Å². The lowest BCUT2D eigenvalue weighted by molar-refractivity contribution is 0.368. The number of hydrogen-bond acceptors (Lipinski definition) is 6. The van der Waals surface area contributed by atoms with Gasteiger partial charge in [-0.25, -0.2) is 0 Å². The second-order valence-electron chi connectivity index (χ2n) is 15.5. The molecule has 7 aromatic rings. The average molecular weight is 746 g/mol. The highest BCUT2D eigenvalue weighted by atomic mass is 32.1. The zero-order valence-corrected chi connectivity index (χ0v) is 34.7. The van der Waals surface area contributed by atoms with Crippen LogP contribution in [0.2, 0.25) is 0 Å². The molecule has 1 N–H and O–H groups in total. The van der Waals surface area contributed by atoms with Gasteiger partial charge in [-0.2, -0.15) is 0 Å². The summed E-state index contributed by atoms with van der Waals surface area (Å²) in [6.45, 7) is 21.0. The first-order chi connectivity index (χ1) is 23.9. The SMILES string of the molecule is CCC(C)(CC)/C(C)=C(\NC)c1sc(-c2cc3sc(-c4cc5c(s4)=c4ccc6c7c(ccc=5c47)=c4cc(C(C)(C)C)sc4=6)c(C)c3s2)cc1C. The van der Waals surface area contributed by atoms with Crippen LogP contribution >= 0.6 is 56.7 Å². The summed E-state index contributed by atoms with van der Waals surface area (Å²) < 4.78 is 5.74. The topological polar surface area (TPSA) is 12.0 Å². The van der Waals surface area contributed by atoms with E-state index in [4.69, 9.17) is 0 Å². The van der Waals surface area contributed by atoms with E-state index >= 15 is 0 Å². The third-order valence-corrected chi connectivity index (χ3v) is 18.7. The lowest BCUT2D eigenvalue weighted by Crippen LogP contribution is -2.20. The number of rotatable bonds is 7. The van der Waals surface area contributed by atoms with Gasteiger partial charge in [-0.05, 0) is 107 Å². The highest BCUT2D eigenvalue weighted by Crippen LogP contribution is 2.49. The number of benzene rings is 2. The molecule has 5 heterocycles. The Labute approximate surface area is 313 Å². The minimum absolute atomic E-state index is 0.170. The summed E-state index contributed by atoms with van der Waals surface area (Å²) in [6, 6.07) is 19.4. The van der Waals surface area contributed by atoms with Crippen molar-refractivity contribution in [1.29, 1.82) is 0 Å². The summed E-state index contributed by atoms with van der Waals surface area (Å²) in [5, 5.41) is 15.1. The molecule has 0 spiro atoms. The first kappa shape index (κ1) is 32.9. The lowest BCUT2D eigenvalue weighted by Gasteiger charge is -2.30. The summed E-state index contributed by atoms with van der Waals surface area (Å²) in [7, 11) is 2.08. The minimum Gasteiger partial charge on any atom is -0.387 e. The molecule has 9 rings (SSSR count). The molecule has 0 amide bonds. The number of allylic oxidation sites excluding steroid dienone is 1. The van der Waals surface area contributed by atoms with E-state index in [-0.39, 0.29) is 10.8 Å². The number of nitrogens with one attached hydrogen (secondary N) is 1. The van der Waals surface area contributed by atoms with Crippen LogP contribution in [-0.2, 0) is 5.41 Å². The van der Waals surface area contributed by atoms with Crippen LogP contribution < -0.4 is 5.32 Å². The Morgan fingerprint density at radius 1 is 0.660 bits per heavy atom. The standard InChI is InChI=1S/C44H43NS5/c1-11-44(9,12-2)23(5)37(45-10)38-21(3)17-30(46-38)31-20-33-40(47-31)22(4)39(48-33)32-18-28-24-13-14-25-29-19-34(43(6,7)8)50-42(29)27-16-15-26(41(28)49-32)35(24)36(25)27/h13-20,45H,11-12H2,1-10H3/b37-23-. The summed E-state index contributed by atoms with van der Waals surface area (Å²) in [5.74, 6) is 0. The lowest BCUT2D eigenvalue weighted by atomic mass is 9.77. The maximum absolute atomic E-state index is 3.60. The molecule has 2 aliphatic carbocycles. The fraction of sp³-hybridized carbons (Fsp3) is 0.318. The molecule has 254 valence electrons. The van der Waals surface area contributed by atoms with Gasteiger partial charge in [-0.15, -0.1) is 56.7 Å². The third-order valence-electron chi connectivity index (χ3n) is 11.7. The summed E-state index contributed by atoms with van der Waals surface area (Å²) in [4.78, 5) is 8.45. The van der Waals surface area contributed by atoms with Crippen LogP contribution in [0.1, 0.15) is 82.2 Å². The Hall–Kier alpha value is -3.00. The van der Waals surface area contributed by atoms with E-state index in [1.807, 2.05) is 56.7 Å². The van der Waals surface area contributed by atoms with Gasteiger partial charge in [-0.3, -0.25) is 0 Å². The first-order valence-electron chi connectivity index (χ1n) is 17.8. The Bertz CT molecular complexity index is 2910. The quantitative estimate of drug-likeness (QED) is 0.171. The van der Waals surface area contributed by atoms with Crippen molar-refractivity contribution in [3.05, 3.63) is 115 Å². The van der Waals surface area contributed by atoms with Crippen LogP contribution in [0.25, 0.3) is 45.4 Å². The Kier molecular flexibility index (Phi) is 7.40. The van der Waals surface area contributed by atoms with Crippen molar-refractivity contribution in [2.75, 3.05) is 7.05 Å². The molecular weight excluding hydrogens is 703 g/mol. The molecule has 2 aromatic carbocycles. The summed E-state index contributed by atoms with van der Waals surface area (Å²) in [6.07, 6.45) is 2.29. The molecule has 0 bridgehead atoms. The van der Waals surface area contributed by atoms with Crippen molar-refractivity contribution >= 4 is 82.6 Å². The molecular formula is C44H43NS5. The first-order valence-corrected chi connectivity index (χ1v) is 21.9. The third kappa shape index (κ3) is 4.51. The molecule has 0 aliphatic heterocycles. The smallest absolute Gasteiger partial charge is 0.0537 e. The summed E-state index contributed by atoms with van der Waals surface area (Å²) >= 11 is 9.87. The Balaban J connectivity index is 1.13. The van der Waals surface area contributed by atoms with E-state index in [9.17, 15) is 0 Å². The van der Waals surface area contributed by atoms with Crippen molar-refractivity contribution in [1.82, 2.24) is 5.32 Å². The molecule has 0 radical (unpaired) electrons. The average Bonchev–Trinajstić information content (AvgIpc) is 3.94. The number of fused-ring (bicyclic) bond motifs is 3. The van der Waals surface area contributed by atoms with Crippen molar-refractivity contribution in [3.63, 3.8) is 0 Å². The molecule has 0 unspecified atom stereocenters. The molecule has 5 aromatic heterocycles. The highest BCUT2D eigenvalue weighted by molar-refractivity contribution is 7.33. The van der Waals surface area contributed by atoms with Crippen LogP contribution in [0.15, 0.2) is 54.1 Å². The van der Waals surface area contributed by atoms with Gasteiger partial charge in [0.05, 0.1) is 10.6 Å². The Morgan fingerprint density at radius 2 is 1.26 bits per heavy atom. The molecule has 2 aliphatic rings. The van der Waals surface area contributed by atoms with E-state index < -0.39 is 0 Å². The van der Waals surface area contributed by atoms with Gasteiger partial charge in [0.1, 0.15) is 0 Å². The van der Waals surface area contributed by atoms with Crippen LogP contribution in [0.3, 0.4) is 0 Å². The molecule has 50 heavy (non-hydrogen) atoms. The monoisotopic (exact) mass is 745 g/mol. The second kappa shape index (κ2) is 11.2. The summed E-state index contributed by atoms with van der Waals surface area (Å²) in [5.41, 5.74) is 5.94. The van der Waals surface area contributed by atoms with Crippen molar-refractivity contribution in [3.8, 4) is 19.5 Å². The van der Waals surface area contributed by atoms with E-state index in [1.165, 1.54) is 112 Å². The van der Waals surface area contributed by atoms with Crippen LogP contribution in [0.4, 0.5) is 0 Å². The Morgan fingerprint density at radius 3 is 1.86 bits per heavy atom. The fourth-order valence-corrected chi connectivity index (χ4v) is 14.7. The molecule has 6 heteroatoms. The second-order valence-corrected chi connectivity index (χ2v) is 20.8. The van der Waals surface area contributed by atoms with E-state index in [1.54, 1.807) is 0 Å². The van der Waals surface area contributed by atoms with E-state index in [0.29, 0.717) is 0 Å². The van der Waals surface area contributed by atoms with Crippen molar-refractivity contribution < 1.29 is 0 Å². The maximum Gasteiger partial charge on any atom is 0.0537 e. The van der Waals surface area contributed by atoms with E-state index in [2.05, 4.69) is 123 Å². The van der Waals surface area contributed by atoms with Gasteiger partial charge in [-0.1, -0.05) is 65.8 Å². The van der Waals surface area contributed by atoms with E-state index in [0.717, 1.165) is 12.8 Å². The van der Waals surface area contributed by atoms with Gasteiger partial charge in [0, 0.05) is 70.8 Å². The highest BCUT2D eigenvalue weighted by Gasteiger charge is 2.27. The molecule has 0 saturated carbocycles. The fourth-order valence-electron chi connectivity index (χ4n) is 8.15. The normalized spacial score (nSPS) is 13.9.